The Morgan fingerprint density at radius 2 is 1.85 bits per heavy atom. The highest BCUT2D eigenvalue weighted by molar-refractivity contribution is 5.65. The minimum atomic E-state index is -0.606. The van der Waals surface area contributed by atoms with E-state index < -0.39 is 5.79 Å². The Hall–Kier alpha value is -1.44. The highest BCUT2D eigenvalue weighted by Gasteiger charge is 2.29. The monoisotopic (exact) mass is 176 g/mol. The molecule has 1 heterocycles. The van der Waals surface area contributed by atoms with Gasteiger partial charge in [0.05, 0.1) is 5.56 Å². The van der Waals surface area contributed by atoms with Gasteiger partial charge < -0.3 is 9.47 Å². The molecule has 0 radical (unpaired) electrons. The number of rotatable bonds is 0. The average Bonchev–Trinajstić information content (AvgIpc) is 2.02. The molecule has 2 nitrogen and oxygen atoms in total. The van der Waals surface area contributed by atoms with Crippen LogP contribution in [0.4, 0.5) is 0 Å². The first kappa shape index (κ1) is 8.17. The van der Waals surface area contributed by atoms with E-state index in [1.165, 1.54) is 0 Å². The maximum atomic E-state index is 5.61. The Kier molecular flexibility index (Phi) is 1.59. The van der Waals surface area contributed by atoms with Gasteiger partial charge in [-0.05, 0) is 12.1 Å². The Labute approximate surface area is 77.8 Å². The van der Waals surface area contributed by atoms with Crippen molar-refractivity contribution in [3.05, 3.63) is 36.4 Å². The summed E-state index contributed by atoms with van der Waals surface area (Å²) in [6.45, 7) is 7.59. The number of hydrogen-bond acceptors (Lipinski definition) is 2. The average molecular weight is 176 g/mol. The van der Waals surface area contributed by atoms with Crippen molar-refractivity contribution in [2.45, 2.75) is 19.6 Å². The molecule has 0 aliphatic carbocycles. The lowest BCUT2D eigenvalue weighted by Gasteiger charge is -2.34. The second kappa shape index (κ2) is 2.52. The molecule has 2 heteroatoms. The lowest BCUT2D eigenvalue weighted by molar-refractivity contribution is -0.111. The summed E-state index contributed by atoms with van der Waals surface area (Å²) in [7, 11) is 0. The Morgan fingerprint density at radius 3 is 2.62 bits per heavy atom. The quantitative estimate of drug-likeness (QED) is 0.605. The fraction of sp³-hybridized carbons (Fsp3) is 0.273. The van der Waals surface area contributed by atoms with Crippen LogP contribution in [0.15, 0.2) is 30.8 Å². The van der Waals surface area contributed by atoms with Crippen LogP contribution in [0.1, 0.15) is 19.4 Å². The second-order valence-electron chi connectivity index (χ2n) is 3.52. The van der Waals surface area contributed by atoms with Crippen molar-refractivity contribution in [2.75, 3.05) is 0 Å². The lowest BCUT2D eigenvalue weighted by Crippen LogP contribution is -2.34. The third-order valence-electron chi connectivity index (χ3n) is 1.91. The molecule has 2 rings (SSSR count). The third kappa shape index (κ3) is 1.39. The summed E-state index contributed by atoms with van der Waals surface area (Å²) in [5.74, 6) is 0.904. The number of benzene rings is 1. The van der Waals surface area contributed by atoms with Gasteiger partial charge >= 0.3 is 0 Å². The van der Waals surface area contributed by atoms with E-state index in [1.54, 1.807) is 0 Å². The van der Waals surface area contributed by atoms with Crippen LogP contribution in [0, 0.1) is 0 Å². The van der Waals surface area contributed by atoms with Gasteiger partial charge in [-0.15, -0.1) is 0 Å². The molecule has 0 saturated heterocycles. The van der Waals surface area contributed by atoms with Crippen LogP contribution in [0.5, 0.6) is 5.75 Å². The molecule has 0 saturated carbocycles. The van der Waals surface area contributed by atoms with Crippen LogP contribution in [-0.4, -0.2) is 5.79 Å². The molecule has 0 aromatic heterocycles. The molecule has 13 heavy (non-hydrogen) atoms. The first-order valence-electron chi connectivity index (χ1n) is 4.25. The fourth-order valence-electron chi connectivity index (χ4n) is 1.42. The van der Waals surface area contributed by atoms with Crippen molar-refractivity contribution < 1.29 is 9.47 Å². The maximum absolute atomic E-state index is 5.61. The van der Waals surface area contributed by atoms with Crippen molar-refractivity contribution >= 4 is 5.76 Å². The van der Waals surface area contributed by atoms with Gasteiger partial charge in [-0.25, -0.2) is 0 Å². The third-order valence-corrected chi connectivity index (χ3v) is 1.91. The molecule has 0 spiro atoms. The summed E-state index contributed by atoms with van der Waals surface area (Å²) >= 11 is 0. The van der Waals surface area contributed by atoms with Crippen LogP contribution in [0.2, 0.25) is 0 Å². The first-order valence-corrected chi connectivity index (χ1v) is 4.25. The molecule has 68 valence electrons. The predicted molar refractivity (Wildman–Crippen MR) is 51.3 cm³/mol. The van der Waals surface area contributed by atoms with Crippen molar-refractivity contribution in [1.82, 2.24) is 0 Å². The molecule has 1 aromatic carbocycles. The maximum Gasteiger partial charge on any atom is 0.245 e. The number of para-hydroxylation sites is 1. The molecule has 1 aromatic rings. The van der Waals surface area contributed by atoms with Crippen LogP contribution in [-0.2, 0) is 4.74 Å². The Balaban J connectivity index is 2.49. The number of ether oxygens (including phenoxy) is 2. The molecule has 0 atom stereocenters. The van der Waals surface area contributed by atoms with E-state index in [2.05, 4.69) is 6.58 Å². The molecular weight excluding hydrogens is 164 g/mol. The van der Waals surface area contributed by atoms with Gasteiger partial charge in [-0.1, -0.05) is 18.7 Å². The van der Waals surface area contributed by atoms with E-state index in [0.29, 0.717) is 5.76 Å². The largest absolute Gasteiger partial charge is 0.453 e. The predicted octanol–water partition coefficient (Wildman–Crippen LogP) is 2.80. The highest BCUT2D eigenvalue weighted by atomic mass is 16.7. The van der Waals surface area contributed by atoms with E-state index in [9.17, 15) is 0 Å². The van der Waals surface area contributed by atoms with E-state index in [4.69, 9.17) is 9.47 Å². The van der Waals surface area contributed by atoms with Gasteiger partial charge in [0.25, 0.3) is 0 Å². The normalized spacial score (nSPS) is 18.5. The van der Waals surface area contributed by atoms with E-state index in [1.807, 2.05) is 38.1 Å². The minimum Gasteiger partial charge on any atom is -0.453 e. The zero-order valence-corrected chi connectivity index (χ0v) is 7.83. The highest BCUT2D eigenvalue weighted by Crippen LogP contribution is 2.36. The molecule has 0 amide bonds. The number of fused-ring (bicyclic) bond motifs is 1. The molecule has 0 fully saturated rings. The van der Waals surface area contributed by atoms with Crippen LogP contribution < -0.4 is 4.74 Å². The SMILES string of the molecule is C=C1OC(C)(C)Oc2ccccc21. The van der Waals surface area contributed by atoms with Crippen LogP contribution in [0.3, 0.4) is 0 Å². The van der Waals surface area contributed by atoms with Crippen molar-refractivity contribution in [3.8, 4) is 5.75 Å². The van der Waals surface area contributed by atoms with Gasteiger partial charge in [0.1, 0.15) is 11.5 Å². The molecule has 0 N–H and O–H groups in total. The molecule has 0 bridgehead atoms. The minimum absolute atomic E-state index is 0.606. The van der Waals surface area contributed by atoms with Crippen LogP contribution >= 0.6 is 0 Å². The van der Waals surface area contributed by atoms with Crippen molar-refractivity contribution in [3.63, 3.8) is 0 Å². The molecule has 1 aliphatic rings. The first-order chi connectivity index (χ1) is 6.08. The topological polar surface area (TPSA) is 18.5 Å². The molecule has 0 unspecified atom stereocenters. The lowest BCUT2D eigenvalue weighted by atomic mass is 10.1. The molecule has 1 aliphatic heterocycles. The van der Waals surface area contributed by atoms with Crippen molar-refractivity contribution in [1.29, 1.82) is 0 Å². The zero-order valence-electron chi connectivity index (χ0n) is 7.83. The summed E-state index contributed by atoms with van der Waals surface area (Å²) in [5, 5.41) is 0. The Bertz CT molecular complexity index is 353. The molecular formula is C11H12O2. The van der Waals surface area contributed by atoms with Gasteiger partial charge in [-0.3, -0.25) is 0 Å². The van der Waals surface area contributed by atoms with Crippen molar-refractivity contribution in [2.24, 2.45) is 0 Å². The number of hydrogen-bond donors (Lipinski definition) is 0. The fourth-order valence-corrected chi connectivity index (χ4v) is 1.42. The van der Waals surface area contributed by atoms with E-state index >= 15 is 0 Å². The van der Waals surface area contributed by atoms with Gasteiger partial charge in [-0.2, -0.15) is 0 Å². The summed E-state index contributed by atoms with van der Waals surface area (Å²) in [6, 6.07) is 7.74. The van der Waals surface area contributed by atoms with Gasteiger partial charge in [0.2, 0.25) is 5.79 Å². The zero-order chi connectivity index (χ0) is 9.47. The van der Waals surface area contributed by atoms with Gasteiger partial charge in [0.15, 0.2) is 0 Å². The summed E-state index contributed by atoms with van der Waals surface area (Å²) in [6.07, 6.45) is 0. The Morgan fingerprint density at radius 1 is 1.15 bits per heavy atom. The van der Waals surface area contributed by atoms with Crippen LogP contribution in [0.25, 0.3) is 5.76 Å². The van der Waals surface area contributed by atoms with E-state index in [-0.39, 0.29) is 0 Å². The van der Waals surface area contributed by atoms with E-state index in [0.717, 1.165) is 11.3 Å². The summed E-state index contributed by atoms with van der Waals surface area (Å²) in [4.78, 5) is 0. The smallest absolute Gasteiger partial charge is 0.245 e. The standard InChI is InChI=1S/C11H12O2/c1-8-9-6-4-5-7-10(9)13-11(2,3)12-8/h4-7H,1H2,2-3H3. The second-order valence-corrected chi connectivity index (χ2v) is 3.52. The summed E-state index contributed by atoms with van der Waals surface area (Å²) in [5.41, 5.74) is 0.932. The van der Waals surface area contributed by atoms with Gasteiger partial charge in [0, 0.05) is 13.8 Å². The summed E-state index contributed by atoms with van der Waals surface area (Å²) < 4.78 is 11.1.